The summed E-state index contributed by atoms with van der Waals surface area (Å²) in [5, 5.41) is -0.416. The van der Waals surface area contributed by atoms with Crippen molar-refractivity contribution in [2.45, 2.75) is 19.0 Å². The van der Waals surface area contributed by atoms with Crippen LogP contribution >= 0.6 is 11.6 Å². The number of alkyl halides is 3. The average Bonchev–Trinajstić information content (AvgIpc) is 2.72. The summed E-state index contributed by atoms with van der Waals surface area (Å²) in [6.45, 7) is 1.22. The Morgan fingerprint density at radius 1 is 1.12 bits per heavy atom. The van der Waals surface area contributed by atoms with E-state index in [2.05, 4.69) is 0 Å². The Morgan fingerprint density at radius 3 is 2.24 bits per heavy atom. The molecule has 0 bridgehead atoms. The minimum Gasteiger partial charge on any atom is -0.370 e. The minimum absolute atomic E-state index is 0.136. The lowest BCUT2D eigenvalue weighted by molar-refractivity contribution is -0.137. The number of anilines is 1. The molecule has 1 aliphatic heterocycles. The predicted molar refractivity (Wildman–Crippen MR) is 57.9 cm³/mol. The second-order valence-electron chi connectivity index (χ2n) is 3.98. The van der Waals surface area contributed by atoms with Crippen LogP contribution in [0.3, 0.4) is 0 Å². The fraction of sp³-hybridized carbons (Fsp3) is 0.455. The van der Waals surface area contributed by atoms with Gasteiger partial charge in [-0.3, -0.25) is 0 Å². The number of hydrogen-bond donors (Lipinski definition) is 0. The van der Waals surface area contributed by atoms with Gasteiger partial charge in [0.05, 0.1) is 16.3 Å². The van der Waals surface area contributed by atoms with Gasteiger partial charge in [0.1, 0.15) is 5.82 Å². The van der Waals surface area contributed by atoms with Gasteiger partial charge in [-0.25, -0.2) is 4.39 Å². The highest BCUT2D eigenvalue weighted by atomic mass is 35.5. The molecule has 0 unspecified atom stereocenters. The zero-order valence-corrected chi connectivity index (χ0v) is 9.58. The Kier molecular flexibility index (Phi) is 3.21. The van der Waals surface area contributed by atoms with Gasteiger partial charge in [-0.2, -0.15) is 13.2 Å². The summed E-state index contributed by atoms with van der Waals surface area (Å²) in [6.07, 6.45) is -2.87. The molecule has 6 heteroatoms. The molecule has 0 atom stereocenters. The fourth-order valence-electron chi connectivity index (χ4n) is 1.97. The highest BCUT2D eigenvalue weighted by molar-refractivity contribution is 6.34. The summed E-state index contributed by atoms with van der Waals surface area (Å²) in [4.78, 5) is 1.68. The van der Waals surface area contributed by atoms with E-state index in [1.54, 1.807) is 4.90 Å². The topological polar surface area (TPSA) is 3.24 Å². The van der Waals surface area contributed by atoms with Crippen LogP contribution in [-0.4, -0.2) is 13.1 Å². The zero-order chi connectivity index (χ0) is 12.6. The highest BCUT2D eigenvalue weighted by Crippen LogP contribution is 2.41. The highest BCUT2D eigenvalue weighted by Gasteiger charge is 2.35. The molecule has 0 saturated carbocycles. The molecule has 1 saturated heterocycles. The number of benzene rings is 1. The molecule has 0 spiro atoms. The molecule has 17 heavy (non-hydrogen) atoms. The summed E-state index contributed by atoms with van der Waals surface area (Å²) in [6, 6.07) is 1.49. The largest absolute Gasteiger partial charge is 0.418 e. The van der Waals surface area contributed by atoms with Crippen LogP contribution in [0.5, 0.6) is 0 Å². The monoisotopic (exact) mass is 267 g/mol. The van der Waals surface area contributed by atoms with Crippen molar-refractivity contribution in [3.05, 3.63) is 28.5 Å². The summed E-state index contributed by atoms with van der Waals surface area (Å²) in [7, 11) is 0. The Bertz CT molecular complexity index is 424. The molecule has 0 amide bonds. The predicted octanol–water partition coefficient (Wildman–Crippen LogP) is 4.10. The maximum atomic E-state index is 13.2. The molecule has 1 aromatic rings. The van der Waals surface area contributed by atoms with Crippen LogP contribution in [0.4, 0.5) is 23.2 Å². The summed E-state index contributed by atoms with van der Waals surface area (Å²) >= 11 is 5.72. The van der Waals surface area contributed by atoms with Gasteiger partial charge in [0.2, 0.25) is 0 Å². The molecule has 0 aromatic heterocycles. The summed E-state index contributed by atoms with van der Waals surface area (Å²) in [5.74, 6) is -0.913. The third-order valence-corrected chi connectivity index (χ3v) is 3.17. The van der Waals surface area contributed by atoms with E-state index in [9.17, 15) is 17.6 Å². The second-order valence-corrected chi connectivity index (χ2v) is 4.36. The second kappa shape index (κ2) is 4.37. The Balaban J connectivity index is 2.49. The Morgan fingerprint density at radius 2 is 1.71 bits per heavy atom. The lowest BCUT2D eigenvalue weighted by Crippen LogP contribution is -2.20. The van der Waals surface area contributed by atoms with Gasteiger partial charge in [-0.05, 0) is 25.0 Å². The molecule has 1 fully saturated rings. The molecule has 0 N–H and O–H groups in total. The van der Waals surface area contributed by atoms with Gasteiger partial charge < -0.3 is 4.90 Å². The molecule has 0 aliphatic carbocycles. The van der Waals surface area contributed by atoms with E-state index in [0.717, 1.165) is 18.9 Å². The van der Waals surface area contributed by atoms with E-state index in [4.69, 9.17) is 11.6 Å². The first kappa shape index (κ1) is 12.5. The molecule has 1 nitrogen and oxygen atoms in total. The molecule has 2 rings (SSSR count). The van der Waals surface area contributed by atoms with Gasteiger partial charge in [0.15, 0.2) is 0 Å². The first-order chi connectivity index (χ1) is 7.89. The Hall–Kier alpha value is -0.970. The van der Waals surface area contributed by atoms with E-state index in [1.165, 1.54) is 0 Å². The molecule has 1 aliphatic rings. The number of hydrogen-bond acceptors (Lipinski definition) is 1. The van der Waals surface area contributed by atoms with Gasteiger partial charge in [0, 0.05) is 13.1 Å². The molecule has 94 valence electrons. The Labute approximate surface area is 101 Å². The SMILES string of the molecule is Fc1cc(N2CCCC2)c(Cl)c(C(F)(F)F)c1. The number of rotatable bonds is 1. The van der Waals surface area contributed by atoms with Crippen LogP contribution in [0.25, 0.3) is 0 Å². The van der Waals surface area contributed by atoms with Crippen LogP contribution in [-0.2, 0) is 6.18 Å². The molecule has 0 radical (unpaired) electrons. The third-order valence-electron chi connectivity index (χ3n) is 2.77. The lowest BCUT2D eigenvalue weighted by atomic mass is 10.1. The zero-order valence-electron chi connectivity index (χ0n) is 8.82. The molecule has 1 heterocycles. The average molecular weight is 268 g/mol. The third kappa shape index (κ3) is 2.49. The van der Waals surface area contributed by atoms with Gasteiger partial charge >= 0.3 is 6.18 Å². The van der Waals surface area contributed by atoms with Crippen molar-refractivity contribution in [3.63, 3.8) is 0 Å². The van der Waals surface area contributed by atoms with Gasteiger partial charge in [-0.1, -0.05) is 11.6 Å². The van der Waals surface area contributed by atoms with Gasteiger partial charge in [0.25, 0.3) is 0 Å². The van der Waals surface area contributed by atoms with Crippen LogP contribution < -0.4 is 4.90 Å². The number of nitrogens with zero attached hydrogens (tertiary/aromatic N) is 1. The van der Waals surface area contributed by atoms with Crippen molar-refractivity contribution in [2.75, 3.05) is 18.0 Å². The van der Waals surface area contributed by atoms with E-state index in [1.807, 2.05) is 0 Å². The normalized spacial score (nSPS) is 16.6. The van der Waals surface area contributed by atoms with E-state index < -0.39 is 22.6 Å². The fourth-order valence-corrected chi connectivity index (χ4v) is 2.31. The van der Waals surface area contributed by atoms with Crippen molar-refractivity contribution >= 4 is 17.3 Å². The van der Waals surface area contributed by atoms with Crippen molar-refractivity contribution in [2.24, 2.45) is 0 Å². The van der Waals surface area contributed by atoms with E-state index >= 15 is 0 Å². The van der Waals surface area contributed by atoms with Crippen LogP contribution in [0.2, 0.25) is 5.02 Å². The van der Waals surface area contributed by atoms with E-state index in [-0.39, 0.29) is 5.69 Å². The smallest absolute Gasteiger partial charge is 0.370 e. The quantitative estimate of drug-likeness (QED) is 0.693. The van der Waals surface area contributed by atoms with Gasteiger partial charge in [-0.15, -0.1) is 0 Å². The van der Waals surface area contributed by atoms with E-state index in [0.29, 0.717) is 19.2 Å². The van der Waals surface area contributed by atoms with Crippen molar-refractivity contribution < 1.29 is 17.6 Å². The van der Waals surface area contributed by atoms with Crippen LogP contribution in [0.1, 0.15) is 18.4 Å². The van der Waals surface area contributed by atoms with Crippen LogP contribution in [0, 0.1) is 5.82 Å². The minimum atomic E-state index is -4.63. The van der Waals surface area contributed by atoms with Crippen molar-refractivity contribution in [3.8, 4) is 0 Å². The van der Waals surface area contributed by atoms with Crippen molar-refractivity contribution in [1.29, 1.82) is 0 Å². The molecular formula is C11H10ClF4N. The van der Waals surface area contributed by atoms with Crippen molar-refractivity contribution in [1.82, 2.24) is 0 Å². The maximum Gasteiger partial charge on any atom is 0.418 e. The molecular weight excluding hydrogens is 258 g/mol. The van der Waals surface area contributed by atoms with Crippen LogP contribution in [0.15, 0.2) is 12.1 Å². The lowest BCUT2D eigenvalue weighted by Gasteiger charge is -2.21. The molecule has 1 aromatic carbocycles. The first-order valence-electron chi connectivity index (χ1n) is 5.21. The maximum absolute atomic E-state index is 13.2. The summed E-state index contributed by atoms with van der Waals surface area (Å²) < 4.78 is 51.1. The first-order valence-corrected chi connectivity index (χ1v) is 5.58. The summed E-state index contributed by atoms with van der Waals surface area (Å²) in [5.41, 5.74) is -0.974. The standard InChI is InChI=1S/C11H10ClF4N/c12-10-8(11(14,15)16)5-7(13)6-9(10)17-3-1-2-4-17/h5-6H,1-4H2. The number of halogens is 5.